The first kappa shape index (κ1) is 14.6. The Balaban J connectivity index is 2.37. The number of amides is 1. The second-order valence-electron chi connectivity index (χ2n) is 3.94. The predicted octanol–water partition coefficient (Wildman–Crippen LogP) is 2.64. The minimum absolute atomic E-state index is 0.149. The van der Waals surface area contributed by atoms with Gasteiger partial charge in [0.25, 0.3) is 5.91 Å². The van der Waals surface area contributed by atoms with Crippen LogP contribution in [0.4, 0.5) is 18.9 Å². The molecule has 1 amide bonds. The summed E-state index contributed by atoms with van der Waals surface area (Å²) < 4.78 is 42.5. The van der Waals surface area contributed by atoms with Gasteiger partial charge in [0.2, 0.25) is 0 Å². The van der Waals surface area contributed by atoms with Gasteiger partial charge in [0, 0.05) is 11.8 Å². The Hall–Kier alpha value is -2.84. The first-order chi connectivity index (χ1) is 9.77. The number of carboxylic acid groups (broad SMARTS) is 1. The number of carboxylic acids is 1. The van der Waals surface area contributed by atoms with E-state index in [1.807, 2.05) is 0 Å². The van der Waals surface area contributed by atoms with Gasteiger partial charge in [0.1, 0.15) is 6.26 Å². The smallest absolute Gasteiger partial charge is 0.416 e. The Morgan fingerprint density at radius 3 is 2.48 bits per heavy atom. The number of aromatic nitrogens is 1. The van der Waals surface area contributed by atoms with Gasteiger partial charge in [-0.1, -0.05) is 5.16 Å². The highest BCUT2D eigenvalue weighted by atomic mass is 19.4. The van der Waals surface area contributed by atoms with E-state index in [0.717, 1.165) is 12.3 Å². The predicted molar refractivity (Wildman–Crippen MR) is 62.9 cm³/mol. The third-order valence-corrected chi connectivity index (χ3v) is 2.44. The molecule has 2 N–H and O–H groups in total. The summed E-state index contributed by atoms with van der Waals surface area (Å²) in [6, 6.07) is 3.23. The number of carbonyl (C=O) groups is 2. The van der Waals surface area contributed by atoms with Crippen molar-refractivity contribution < 1.29 is 32.4 Å². The molecule has 0 saturated heterocycles. The van der Waals surface area contributed by atoms with Gasteiger partial charge in [0.15, 0.2) is 5.69 Å². The average molecular weight is 300 g/mol. The van der Waals surface area contributed by atoms with Gasteiger partial charge in [-0.25, -0.2) is 4.79 Å². The van der Waals surface area contributed by atoms with E-state index >= 15 is 0 Å². The molecule has 110 valence electrons. The topological polar surface area (TPSA) is 92.4 Å². The van der Waals surface area contributed by atoms with Gasteiger partial charge in [-0.3, -0.25) is 4.79 Å². The molecule has 0 fully saturated rings. The lowest BCUT2D eigenvalue weighted by Gasteiger charge is -2.11. The number of alkyl halides is 3. The standard InChI is InChI=1S/C12H7F3N2O4/c13-12(14,15)7-3-6(11(19)20)4-8(5-7)16-10(18)9-1-2-21-17-9/h1-5H,(H,16,18)(H,19,20). The monoisotopic (exact) mass is 300 g/mol. The number of anilines is 1. The fraction of sp³-hybridized carbons (Fsp3) is 0.0833. The Morgan fingerprint density at radius 2 is 1.95 bits per heavy atom. The summed E-state index contributed by atoms with van der Waals surface area (Å²) in [4.78, 5) is 22.5. The minimum atomic E-state index is -4.74. The van der Waals surface area contributed by atoms with Crippen LogP contribution in [0.1, 0.15) is 26.4 Å². The van der Waals surface area contributed by atoms with E-state index in [-0.39, 0.29) is 11.4 Å². The van der Waals surface area contributed by atoms with Crippen molar-refractivity contribution in [1.82, 2.24) is 5.16 Å². The summed E-state index contributed by atoms with van der Waals surface area (Å²) in [7, 11) is 0. The van der Waals surface area contributed by atoms with E-state index in [2.05, 4.69) is 15.0 Å². The summed E-state index contributed by atoms with van der Waals surface area (Å²) >= 11 is 0. The number of aromatic carboxylic acids is 1. The number of nitrogens with zero attached hydrogens (tertiary/aromatic N) is 1. The van der Waals surface area contributed by atoms with Crippen molar-refractivity contribution >= 4 is 17.6 Å². The van der Waals surface area contributed by atoms with Crippen molar-refractivity contribution in [3.8, 4) is 0 Å². The maximum absolute atomic E-state index is 12.7. The van der Waals surface area contributed by atoms with Crippen LogP contribution >= 0.6 is 0 Å². The molecule has 0 bridgehead atoms. The number of hydrogen-bond donors (Lipinski definition) is 2. The molecule has 1 aromatic heterocycles. The molecule has 0 aliphatic heterocycles. The second-order valence-corrected chi connectivity index (χ2v) is 3.94. The van der Waals surface area contributed by atoms with Gasteiger partial charge >= 0.3 is 12.1 Å². The normalized spacial score (nSPS) is 11.2. The Labute approximate surface area is 115 Å². The minimum Gasteiger partial charge on any atom is -0.478 e. The van der Waals surface area contributed by atoms with E-state index in [0.29, 0.717) is 12.1 Å². The van der Waals surface area contributed by atoms with E-state index in [4.69, 9.17) is 5.11 Å². The first-order valence-corrected chi connectivity index (χ1v) is 5.44. The zero-order valence-corrected chi connectivity index (χ0v) is 10.1. The molecule has 1 heterocycles. The number of carbonyl (C=O) groups excluding carboxylic acids is 1. The van der Waals surface area contributed by atoms with Gasteiger partial charge < -0.3 is 14.9 Å². The Bertz CT molecular complexity index is 680. The van der Waals surface area contributed by atoms with E-state index in [1.165, 1.54) is 6.07 Å². The number of benzene rings is 1. The molecule has 0 aliphatic carbocycles. The fourth-order valence-electron chi connectivity index (χ4n) is 1.51. The van der Waals surface area contributed by atoms with Crippen LogP contribution in [0.15, 0.2) is 35.1 Å². The van der Waals surface area contributed by atoms with Gasteiger partial charge in [-0.15, -0.1) is 0 Å². The van der Waals surface area contributed by atoms with E-state index < -0.39 is 29.2 Å². The third kappa shape index (κ3) is 3.38. The quantitative estimate of drug-likeness (QED) is 0.909. The average Bonchev–Trinajstić information content (AvgIpc) is 2.91. The Kier molecular flexibility index (Phi) is 3.66. The van der Waals surface area contributed by atoms with Crippen molar-refractivity contribution in [2.45, 2.75) is 6.18 Å². The van der Waals surface area contributed by atoms with Gasteiger partial charge in [-0.05, 0) is 18.2 Å². The van der Waals surface area contributed by atoms with Crippen LogP contribution in [0.25, 0.3) is 0 Å². The van der Waals surface area contributed by atoms with Crippen LogP contribution in [0, 0.1) is 0 Å². The summed E-state index contributed by atoms with van der Waals surface area (Å²) in [5, 5.41) is 14.3. The maximum Gasteiger partial charge on any atom is 0.416 e. The lowest BCUT2D eigenvalue weighted by Crippen LogP contribution is -2.15. The van der Waals surface area contributed by atoms with Crippen LogP contribution in [-0.2, 0) is 6.18 Å². The molecule has 0 aliphatic rings. The van der Waals surface area contributed by atoms with Crippen LogP contribution in [0.3, 0.4) is 0 Å². The summed E-state index contributed by atoms with van der Waals surface area (Å²) in [5.74, 6) is -2.36. The molecule has 2 aromatic rings. The van der Waals surface area contributed by atoms with E-state index in [9.17, 15) is 22.8 Å². The molecule has 0 atom stereocenters. The van der Waals surface area contributed by atoms with Crippen LogP contribution in [-0.4, -0.2) is 22.1 Å². The summed E-state index contributed by atoms with van der Waals surface area (Å²) in [5.41, 5.74) is -2.24. The fourth-order valence-corrected chi connectivity index (χ4v) is 1.51. The molecule has 1 aromatic carbocycles. The van der Waals surface area contributed by atoms with Crippen molar-refractivity contribution in [2.75, 3.05) is 5.32 Å². The van der Waals surface area contributed by atoms with Crippen LogP contribution in [0.2, 0.25) is 0 Å². The molecule has 21 heavy (non-hydrogen) atoms. The second kappa shape index (κ2) is 5.27. The van der Waals surface area contributed by atoms with Crippen LogP contribution in [0.5, 0.6) is 0 Å². The number of halogens is 3. The molecule has 0 radical (unpaired) electrons. The van der Waals surface area contributed by atoms with E-state index in [1.54, 1.807) is 0 Å². The molecule has 0 saturated carbocycles. The van der Waals surface area contributed by atoms with Crippen LogP contribution < -0.4 is 5.32 Å². The molecular formula is C12H7F3N2O4. The Morgan fingerprint density at radius 1 is 1.24 bits per heavy atom. The van der Waals surface area contributed by atoms with Gasteiger partial charge in [0.05, 0.1) is 11.1 Å². The summed E-state index contributed by atoms with van der Waals surface area (Å²) in [6.45, 7) is 0. The lowest BCUT2D eigenvalue weighted by molar-refractivity contribution is -0.137. The summed E-state index contributed by atoms with van der Waals surface area (Å²) in [6.07, 6.45) is -3.62. The highest BCUT2D eigenvalue weighted by Crippen LogP contribution is 2.32. The number of rotatable bonds is 3. The zero-order chi connectivity index (χ0) is 15.6. The van der Waals surface area contributed by atoms with Crippen molar-refractivity contribution in [2.24, 2.45) is 0 Å². The first-order valence-electron chi connectivity index (χ1n) is 5.44. The van der Waals surface area contributed by atoms with Gasteiger partial charge in [-0.2, -0.15) is 13.2 Å². The largest absolute Gasteiger partial charge is 0.478 e. The molecule has 2 rings (SSSR count). The lowest BCUT2D eigenvalue weighted by atomic mass is 10.1. The molecule has 6 nitrogen and oxygen atoms in total. The molecule has 9 heteroatoms. The molecule has 0 spiro atoms. The third-order valence-electron chi connectivity index (χ3n) is 2.44. The zero-order valence-electron chi connectivity index (χ0n) is 10.1. The molecule has 0 unspecified atom stereocenters. The number of hydrogen-bond acceptors (Lipinski definition) is 4. The van der Waals surface area contributed by atoms with Crippen molar-refractivity contribution in [3.63, 3.8) is 0 Å². The highest BCUT2D eigenvalue weighted by molar-refractivity contribution is 6.03. The SMILES string of the molecule is O=C(O)c1cc(NC(=O)c2ccon2)cc(C(F)(F)F)c1. The highest BCUT2D eigenvalue weighted by Gasteiger charge is 2.32. The molecular weight excluding hydrogens is 293 g/mol. The number of nitrogens with one attached hydrogen (secondary N) is 1. The van der Waals surface area contributed by atoms with Crippen molar-refractivity contribution in [1.29, 1.82) is 0 Å². The van der Waals surface area contributed by atoms with Crippen molar-refractivity contribution in [3.05, 3.63) is 47.3 Å². The maximum atomic E-state index is 12.7.